The van der Waals surface area contributed by atoms with Crippen LogP contribution in [0.4, 0.5) is 0 Å². The lowest BCUT2D eigenvalue weighted by Crippen LogP contribution is -2.17. The molecule has 0 fully saturated rings. The molecular formula is C17H18N2O. The Morgan fingerprint density at radius 3 is 2.75 bits per heavy atom. The molecular weight excluding hydrogens is 248 g/mol. The van der Waals surface area contributed by atoms with Gasteiger partial charge < -0.3 is 10.2 Å². The predicted octanol–water partition coefficient (Wildman–Crippen LogP) is 3.94. The summed E-state index contributed by atoms with van der Waals surface area (Å²) in [4.78, 5) is 4.37. The van der Waals surface area contributed by atoms with Crippen LogP contribution in [0.3, 0.4) is 0 Å². The van der Waals surface area contributed by atoms with Gasteiger partial charge in [-0.1, -0.05) is 24.6 Å². The number of aryl methyl sites for hydroxylation is 1. The molecule has 3 heteroatoms. The number of nitrogens with zero attached hydrogens (tertiary/aromatic N) is 1. The smallest absolute Gasteiger partial charge is 0.134 e. The van der Waals surface area contributed by atoms with Gasteiger partial charge in [-0.15, -0.1) is 0 Å². The molecule has 3 aromatic rings. The van der Waals surface area contributed by atoms with Crippen LogP contribution in [-0.4, -0.2) is 4.98 Å². The Hall–Kier alpha value is -2.13. The molecule has 1 aromatic carbocycles. The minimum atomic E-state index is -0.197. The lowest BCUT2D eigenvalue weighted by molar-refractivity contribution is 0.453. The third kappa shape index (κ3) is 2.32. The van der Waals surface area contributed by atoms with Gasteiger partial charge in [0.1, 0.15) is 11.3 Å². The van der Waals surface area contributed by atoms with E-state index in [1.165, 1.54) is 5.56 Å². The van der Waals surface area contributed by atoms with E-state index in [-0.39, 0.29) is 12.0 Å². The van der Waals surface area contributed by atoms with Crippen molar-refractivity contribution in [2.24, 2.45) is 5.73 Å². The predicted molar refractivity (Wildman–Crippen MR) is 80.5 cm³/mol. The summed E-state index contributed by atoms with van der Waals surface area (Å²) < 4.78 is 5.87. The lowest BCUT2D eigenvalue weighted by atomic mass is 9.96. The van der Waals surface area contributed by atoms with Crippen LogP contribution in [-0.2, 0) is 0 Å². The molecule has 3 nitrogen and oxygen atoms in total. The maximum absolute atomic E-state index is 6.34. The Kier molecular flexibility index (Phi) is 3.28. The first-order valence-electron chi connectivity index (χ1n) is 6.82. The van der Waals surface area contributed by atoms with Gasteiger partial charge in [-0.2, -0.15) is 0 Å². The van der Waals surface area contributed by atoms with Crippen molar-refractivity contribution in [2.75, 3.05) is 0 Å². The molecule has 0 saturated heterocycles. The van der Waals surface area contributed by atoms with E-state index in [4.69, 9.17) is 10.2 Å². The number of pyridine rings is 1. The Morgan fingerprint density at radius 2 is 2.00 bits per heavy atom. The molecule has 2 unspecified atom stereocenters. The van der Waals surface area contributed by atoms with Gasteiger partial charge in [0.15, 0.2) is 0 Å². The summed E-state index contributed by atoms with van der Waals surface area (Å²) in [5.74, 6) is 0.918. The highest BCUT2D eigenvalue weighted by Gasteiger charge is 2.21. The lowest BCUT2D eigenvalue weighted by Gasteiger charge is -2.17. The Bertz CT molecular complexity index is 718. The van der Waals surface area contributed by atoms with Crippen molar-refractivity contribution in [1.82, 2.24) is 4.98 Å². The van der Waals surface area contributed by atoms with Crippen LogP contribution in [0, 0.1) is 6.92 Å². The van der Waals surface area contributed by atoms with E-state index >= 15 is 0 Å². The highest BCUT2D eigenvalue weighted by atomic mass is 16.3. The molecule has 102 valence electrons. The molecule has 0 aliphatic carbocycles. The van der Waals surface area contributed by atoms with Crippen molar-refractivity contribution >= 4 is 11.0 Å². The van der Waals surface area contributed by atoms with Gasteiger partial charge in [-0.3, -0.25) is 4.98 Å². The van der Waals surface area contributed by atoms with Gasteiger partial charge in [0, 0.05) is 23.2 Å². The Balaban J connectivity index is 1.94. The van der Waals surface area contributed by atoms with Crippen molar-refractivity contribution < 1.29 is 4.42 Å². The molecule has 2 atom stereocenters. The van der Waals surface area contributed by atoms with E-state index in [0.717, 1.165) is 22.4 Å². The van der Waals surface area contributed by atoms with Gasteiger partial charge in [0.05, 0.1) is 6.04 Å². The van der Waals surface area contributed by atoms with E-state index in [2.05, 4.69) is 24.9 Å². The summed E-state index contributed by atoms with van der Waals surface area (Å²) in [7, 11) is 0. The largest absolute Gasteiger partial charge is 0.459 e. The van der Waals surface area contributed by atoms with Crippen LogP contribution in [0.5, 0.6) is 0 Å². The van der Waals surface area contributed by atoms with Crippen LogP contribution in [0.25, 0.3) is 11.0 Å². The Morgan fingerprint density at radius 1 is 1.15 bits per heavy atom. The molecule has 2 N–H and O–H groups in total. The third-order valence-corrected chi connectivity index (χ3v) is 3.71. The second-order valence-corrected chi connectivity index (χ2v) is 5.26. The quantitative estimate of drug-likeness (QED) is 0.781. The summed E-state index contributed by atoms with van der Waals surface area (Å²) >= 11 is 0. The fraction of sp³-hybridized carbons (Fsp3) is 0.235. The Labute approximate surface area is 118 Å². The van der Waals surface area contributed by atoms with E-state index < -0.39 is 0 Å². The first-order chi connectivity index (χ1) is 9.65. The average Bonchev–Trinajstić information content (AvgIpc) is 2.89. The van der Waals surface area contributed by atoms with Gasteiger partial charge in [0.2, 0.25) is 0 Å². The summed E-state index contributed by atoms with van der Waals surface area (Å²) in [6.07, 6.45) is 1.79. The number of fused-ring (bicyclic) bond motifs is 1. The zero-order valence-corrected chi connectivity index (χ0v) is 11.7. The van der Waals surface area contributed by atoms with E-state index in [9.17, 15) is 0 Å². The summed E-state index contributed by atoms with van der Waals surface area (Å²) in [6, 6.07) is 13.9. The molecule has 0 bridgehead atoms. The summed E-state index contributed by atoms with van der Waals surface area (Å²) in [5.41, 5.74) is 9.42. The highest BCUT2D eigenvalue weighted by molar-refractivity contribution is 5.78. The number of hydrogen-bond acceptors (Lipinski definition) is 3. The first kappa shape index (κ1) is 12.9. The fourth-order valence-corrected chi connectivity index (χ4v) is 2.42. The molecule has 3 rings (SSSR count). The maximum atomic E-state index is 6.34. The molecule has 0 amide bonds. The SMILES string of the molecule is Cc1ccc2oc(C(N)C(C)c3ccccn3)cc2c1. The van der Waals surface area contributed by atoms with Crippen molar-refractivity contribution in [3.8, 4) is 0 Å². The van der Waals surface area contributed by atoms with Crippen LogP contribution in [0.15, 0.2) is 53.1 Å². The molecule has 2 heterocycles. The zero-order valence-electron chi connectivity index (χ0n) is 11.7. The molecule has 0 aliphatic rings. The standard InChI is InChI=1S/C17H18N2O/c1-11-6-7-15-13(9-11)10-16(20-15)17(18)12(2)14-5-3-4-8-19-14/h3-10,12,17H,18H2,1-2H3. The van der Waals surface area contributed by atoms with Gasteiger partial charge >= 0.3 is 0 Å². The molecule has 20 heavy (non-hydrogen) atoms. The third-order valence-electron chi connectivity index (χ3n) is 3.71. The van der Waals surface area contributed by atoms with E-state index in [1.807, 2.05) is 36.4 Å². The number of aromatic nitrogens is 1. The number of benzene rings is 1. The maximum Gasteiger partial charge on any atom is 0.134 e. The van der Waals surface area contributed by atoms with Gasteiger partial charge in [-0.25, -0.2) is 0 Å². The van der Waals surface area contributed by atoms with Crippen molar-refractivity contribution in [1.29, 1.82) is 0 Å². The molecule has 0 radical (unpaired) electrons. The monoisotopic (exact) mass is 266 g/mol. The van der Waals surface area contributed by atoms with E-state index in [1.54, 1.807) is 6.20 Å². The second kappa shape index (κ2) is 5.10. The van der Waals surface area contributed by atoms with Crippen LogP contribution < -0.4 is 5.73 Å². The normalized spacial score (nSPS) is 14.3. The summed E-state index contributed by atoms with van der Waals surface area (Å²) in [5, 5.41) is 1.10. The minimum Gasteiger partial charge on any atom is -0.459 e. The number of rotatable bonds is 3. The highest BCUT2D eigenvalue weighted by Crippen LogP contribution is 2.31. The number of hydrogen-bond donors (Lipinski definition) is 1. The topological polar surface area (TPSA) is 52.0 Å². The fourth-order valence-electron chi connectivity index (χ4n) is 2.42. The zero-order chi connectivity index (χ0) is 14.1. The first-order valence-corrected chi connectivity index (χ1v) is 6.82. The number of nitrogens with two attached hydrogens (primary N) is 1. The van der Waals surface area contributed by atoms with Crippen molar-refractivity contribution in [3.63, 3.8) is 0 Å². The van der Waals surface area contributed by atoms with Crippen molar-refractivity contribution in [2.45, 2.75) is 25.8 Å². The van der Waals surface area contributed by atoms with E-state index in [0.29, 0.717) is 0 Å². The molecule has 0 aliphatic heterocycles. The molecule has 0 saturated carbocycles. The molecule has 2 aromatic heterocycles. The average molecular weight is 266 g/mol. The van der Waals surface area contributed by atoms with Crippen LogP contribution in [0.2, 0.25) is 0 Å². The minimum absolute atomic E-state index is 0.109. The van der Waals surface area contributed by atoms with Crippen molar-refractivity contribution in [3.05, 3.63) is 65.7 Å². The second-order valence-electron chi connectivity index (χ2n) is 5.26. The van der Waals surface area contributed by atoms with Gasteiger partial charge in [-0.05, 0) is 37.3 Å². The number of furan rings is 1. The van der Waals surface area contributed by atoms with Crippen LogP contribution >= 0.6 is 0 Å². The van der Waals surface area contributed by atoms with Gasteiger partial charge in [0.25, 0.3) is 0 Å². The summed E-state index contributed by atoms with van der Waals surface area (Å²) in [6.45, 7) is 4.15. The molecule has 0 spiro atoms. The van der Waals surface area contributed by atoms with Crippen LogP contribution in [0.1, 0.15) is 35.9 Å².